The Bertz CT molecular complexity index is 513. The average molecular weight is 257 g/mol. The molecule has 0 spiro atoms. The highest BCUT2D eigenvalue weighted by atomic mass is 16.2. The van der Waals surface area contributed by atoms with Crippen LogP contribution in [0.5, 0.6) is 0 Å². The topological polar surface area (TPSA) is 82.0 Å². The lowest BCUT2D eigenvalue weighted by atomic mass is 9.87. The molecule has 1 aromatic rings. The maximum absolute atomic E-state index is 12.0. The van der Waals surface area contributed by atoms with Crippen molar-refractivity contribution in [1.29, 1.82) is 5.26 Å². The van der Waals surface area contributed by atoms with Gasteiger partial charge in [0.25, 0.3) is 11.8 Å². The predicted molar refractivity (Wildman–Crippen MR) is 68.6 cm³/mol. The number of nitrogens with zero attached hydrogens (tertiary/aromatic N) is 1. The minimum absolute atomic E-state index is 0.389. The van der Waals surface area contributed by atoms with Crippen molar-refractivity contribution in [2.75, 3.05) is 0 Å². The normalized spacial score (nSPS) is 16.4. The second kappa shape index (κ2) is 5.53. The fourth-order valence-corrected chi connectivity index (χ4v) is 2.26. The maximum Gasteiger partial charge on any atom is 0.269 e. The first kappa shape index (κ1) is 13.1. The molecule has 2 rings (SSSR count). The number of hydrogen-bond donors (Lipinski definition) is 2. The number of carbonyl (C=O) groups is 2. The van der Waals surface area contributed by atoms with Gasteiger partial charge in [0, 0.05) is 5.56 Å². The summed E-state index contributed by atoms with van der Waals surface area (Å²) in [6.07, 6.45) is 2.84. The van der Waals surface area contributed by atoms with Crippen LogP contribution < -0.4 is 10.9 Å². The quantitative estimate of drug-likeness (QED) is 0.788. The van der Waals surface area contributed by atoms with E-state index in [9.17, 15) is 9.59 Å². The molecule has 2 N–H and O–H groups in total. The summed E-state index contributed by atoms with van der Waals surface area (Å²) in [5, 5.41) is 9.15. The van der Waals surface area contributed by atoms with Crippen LogP contribution in [0.1, 0.15) is 36.0 Å². The molecule has 5 nitrogen and oxygen atoms in total. The molecule has 1 aliphatic carbocycles. The molecule has 0 heterocycles. The Morgan fingerprint density at radius 2 is 1.74 bits per heavy atom. The predicted octanol–water partition coefficient (Wildman–Crippen LogP) is 1.53. The van der Waals surface area contributed by atoms with E-state index in [0.717, 1.165) is 12.8 Å². The standard InChI is InChI=1S/C14H15N3O2/c15-10-14(8-4-5-9-14)13(19)17-16-12(18)11-6-2-1-3-7-11/h1-3,6-7H,4-5,8-9H2,(H,16,18)(H,17,19). The number of nitrogens with one attached hydrogen (secondary N) is 2. The van der Waals surface area contributed by atoms with Crippen molar-refractivity contribution in [3.63, 3.8) is 0 Å². The van der Waals surface area contributed by atoms with E-state index in [2.05, 4.69) is 16.9 Å². The summed E-state index contributed by atoms with van der Waals surface area (Å²) >= 11 is 0. The van der Waals surface area contributed by atoms with E-state index >= 15 is 0 Å². The van der Waals surface area contributed by atoms with Crippen LogP contribution in [0, 0.1) is 16.7 Å². The lowest BCUT2D eigenvalue weighted by Gasteiger charge is -2.19. The van der Waals surface area contributed by atoms with Crippen molar-refractivity contribution < 1.29 is 9.59 Å². The van der Waals surface area contributed by atoms with Gasteiger partial charge in [-0.2, -0.15) is 5.26 Å². The van der Waals surface area contributed by atoms with Gasteiger partial charge in [0.1, 0.15) is 5.41 Å². The van der Waals surface area contributed by atoms with Gasteiger partial charge in [0.2, 0.25) is 0 Å². The second-order valence-corrected chi connectivity index (χ2v) is 4.68. The molecule has 1 aromatic carbocycles. The van der Waals surface area contributed by atoms with Crippen molar-refractivity contribution in [3.8, 4) is 6.07 Å². The number of hydrogen-bond acceptors (Lipinski definition) is 3. The van der Waals surface area contributed by atoms with E-state index in [1.165, 1.54) is 0 Å². The first-order valence-electron chi connectivity index (χ1n) is 6.25. The molecule has 2 amide bonds. The molecule has 0 saturated heterocycles. The Labute approximate surface area is 111 Å². The number of amides is 2. The highest BCUT2D eigenvalue weighted by Crippen LogP contribution is 2.37. The average Bonchev–Trinajstić information content (AvgIpc) is 2.95. The Morgan fingerprint density at radius 1 is 1.11 bits per heavy atom. The molecule has 0 radical (unpaired) electrons. The molecule has 98 valence electrons. The van der Waals surface area contributed by atoms with Gasteiger partial charge in [-0.15, -0.1) is 0 Å². The van der Waals surface area contributed by atoms with E-state index in [1.54, 1.807) is 30.3 Å². The Morgan fingerprint density at radius 3 is 2.32 bits per heavy atom. The van der Waals surface area contributed by atoms with Crippen LogP contribution in [-0.2, 0) is 4.79 Å². The Kier molecular flexibility index (Phi) is 3.81. The third-order valence-electron chi connectivity index (χ3n) is 3.43. The van der Waals surface area contributed by atoms with Crippen LogP contribution in [0.25, 0.3) is 0 Å². The third-order valence-corrected chi connectivity index (χ3v) is 3.43. The Hall–Kier alpha value is -2.35. The van der Waals surface area contributed by atoms with Gasteiger partial charge in [-0.25, -0.2) is 0 Å². The number of hydrazine groups is 1. The molecule has 1 aliphatic rings. The maximum atomic E-state index is 12.0. The van der Waals surface area contributed by atoms with Crippen LogP contribution in [0.2, 0.25) is 0 Å². The highest BCUT2D eigenvalue weighted by molar-refractivity contribution is 5.96. The van der Waals surface area contributed by atoms with Crippen LogP contribution in [0.4, 0.5) is 0 Å². The summed E-state index contributed by atoms with van der Waals surface area (Å²) in [5.41, 5.74) is 4.18. The van der Waals surface area contributed by atoms with Crippen LogP contribution in [-0.4, -0.2) is 11.8 Å². The lowest BCUT2D eigenvalue weighted by molar-refractivity contribution is -0.128. The molecule has 0 aromatic heterocycles. The van der Waals surface area contributed by atoms with Gasteiger partial charge in [0.15, 0.2) is 0 Å². The van der Waals surface area contributed by atoms with Crippen LogP contribution >= 0.6 is 0 Å². The third kappa shape index (κ3) is 2.74. The van der Waals surface area contributed by atoms with Crippen LogP contribution in [0.3, 0.4) is 0 Å². The van der Waals surface area contributed by atoms with Crippen LogP contribution in [0.15, 0.2) is 30.3 Å². The molecule has 0 unspecified atom stereocenters. The molecule has 1 saturated carbocycles. The van der Waals surface area contributed by atoms with Crippen molar-refractivity contribution in [3.05, 3.63) is 35.9 Å². The zero-order valence-electron chi connectivity index (χ0n) is 10.5. The van der Waals surface area contributed by atoms with Crippen molar-refractivity contribution in [2.24, 2.45) is 5.41 Å². The fraction of sp³-hybridized carbons (Fsp3) is 0.357. The first-order valence-corrected chi connectivity index (χ1v) is 6.25. The zero-order chi connectivity index (χ0) is 13.7. The molecule has 19 heavy (non-hydrogen) atoms. The summed E-state index contributed by atoms with van der Waals surface area (Å²) in [6.45, 7) is 0. The lowest BCUT2D eigenvalue weighted by Crippen LogP contribution is -2.48. The van der Waals surface area contributed by atoms with Crippen molar-refractivity contribution in [1.82, 2.24) is 10.9 Å². The van der Waals surface area contributed by atoms with Gasteiger partial charge >= 0.3 is 0 Å². The number of rotatable bonds is 2. The minimum atomic E-state index is -0.982. The summed E-state index contributed by atoms with van der Waals surface area (Å²) < 4.78 is 0. The molecule has 0 aliphatic heterocycles. The molecule has 5 heteroatoms. The van der Waals surface area contributed by atoms with Crippen molar-refractivity contribution >= 4 is 11.8 Å². The van der Waals surface area contributed by atoms with Gasteiger partial charge in [-0.05, 0) is 25.0 Å². The van der Waals surface area contributed by atoms with Crippen molar-refractivity contribution in [2.45, 2.75) is 25.7 Å². The van der Waals surface area contributed by atoms with E-state index in [-0.39, 0.29) is 5.91 Å². The summed E-state index contributed by atoms with van der Waals surface area (Å²) in [5.74, 6) is -0.809. The second-order valence-electron chi connectivity index (χ2n) is 4.68. The highest BCUT2D eigenvalue weighted by Gasteiger charge is 2.41. The van der Waals surface area contributed by atoms with Gasteiger partial charge in [-0.1, -0.05) is 31.0 Å². The summed E-state index contributed by atoms with van der Waals surface area (Å²) in [6, 6.07) is 10.7. The largest absolute Gasteiger partial charge is 0.271 e. The van der Waals surface area contributed by atoms with Gasteiger partial charge in [0.05, 0.1) is 6.07 Å². The first-order chi connectivity index (χ1) is 9.18. The molecule has 1 fully saturated rings. The smallest absolute Gasteiger partial charge is 0.269 e. The van der Waals surface area contributed by atoms with Gasteiger partial charge in [-0.3, -0.25) is 20.4 Å². The Balaban J connectivity index is 1.94. The van der Waals surface area contributed by atoms with E-state index < -0.39 is 11.3 Å². The van der Waals surface area contributed by atoms with E-state index in [1.807, 2.05) is 0 Å². The van der Waals surface area contributed by atoms with Gasteiger partial charge < -0.3 is 0 Å². The fourth-order valence-electron chi connectivity index (χ4n) is 2.26. The SMILES string of the molecule is N#CC1(C(=O)NNC(=O)c2ccccc2)CCCC1. The summed E-state index contributed by atoms with van der Waals surface area (Å²) in [4.78, 5) is 23.7. The van der Waals surface area contributed by atoms with E-state index in [4.69, 9.17) is 5.26 Å². The molecule has 0 atom stereocenters. The minimum Gasteiger partial charge on any atom is -0.271 e. The zero-order valence-corrected chi connectivity index (χ0v) is 10.5. The van der Waals surface area contributed by atoms with E-state index in [0.29, 0.717) is 18.4 Å². The molecular formula is C14H15N3O2. The molecule has 0 bridgehead atoms. The number of nitriles is 1. The number of carbonyl (C=O) groups excluding carboxylic acids is 2. The summed E-state index contributed by atoms with van der Waals surface area (Å²) in [7, 11) is 0. The molecular weight excluding hydrogens is 242 g/mol. The monoisotopic (exact) mass is 257 g/mol. The number of benzene rings is 1.